The van der Waals surface area contributed by atoms with Gasteiger partial charge in [-0.15, -0.1) is 0 Å². The lowest BCUT2D eigenvalue weighted by Gasteiger charge is -2.02. The standard InChI is InChI=1S/C7H6F2N2O2/c1-3-5(11(12)13)2-4(8)7(10)6(3)9/h2H,10H2,1H3. The second-order valence-corrected chi connectivity index (χ2v) is 2.49. The van der Waals surface area contributed by atoms with Gasteiger partial charge in [-0.2, -0.15) is 0 Å². The number of nitro benzene ring substituents is 1. The lowest BCUT2D eigenvalue weighted by atomic mass is 10.1. The van der Waals surface area contributed by atoms with Gasteiger partial charge in [0.15, 0.2) is 11.6 Å². The summed E-state index contributed by atoms with van der Waals surface area (Å²) in [5.74, 6) is -2.19. The molecule has 6 heteroatoms. The summed E-state index contributed by atoms with van der Waals surface area (Å²) in [5.41, 5.74) is 3.42. The van der Waals surface area contributed by atoms with Crippen LogP contribution in [0.5, 0.6) is 0 Å². The average molecular weight is 188 g/mol. The van der Waals surface area contributed by atoms with Crippen LogP contribution in [-0.2, 0) is 0 Å². The van der Waals surface area contributed by atoms with Gasteiger partial charge in [0.25, 0.3) is 5.69 Å². The number of nitrogens with zero attached hydrogens (tertiary/aromatic N) is 1. The lowest BCUT2D eigenvalue weighted by Crippen LogP contribution is -2.02. The number of nitro groups is 1. The first kappa shape index (κ1) is 9.37. The van der Waals surface area contributed by atoms with Crippen LogP contribution in [-0.4, -0.2) is 4.92 Å². The van der Waals surface area contributed by atoms with Crippen LogP contribution in [0, 0.1) is 28.7 Å². The average Bonchev–Trinajstić information content (AvgIpc) is 2.07. The molecule has 0 aromatic heterocycles. The third-order valence-corrected chi connectivity index (χ3v) is 1.67. The molecule has 1 aromatic rings. The van der Waals surface area contributed by atoms with E-state index in [1.165, 1.54) is 6.92 Å². The second kappa shape index (κ2) is 2.96. The van der Waals surface area contributed by atoms with E-state index >= 15 is 0 Å². The second-order valence-electron chi connectivity index (χ2n) is 2.49. The van der Waals surface area contributed by atoms with Gasteiger partial charge in [0, 0.05) is 0 Å². The number of nitrogens with two attached hydrogens (primary N) is 1. The molecule has 0 aliphatic rings. The first-order valence-corrected chi connectivity index (χ1v) is 3.33. The molecular formula is C7H6F2N2O2. The third-order valence-electron chi connectivity index (χ3n) is 1.67. The number of benzene rings is 1. The minimum atomic E-state index is -1.12. The summed E-state index contributed by atoms with van der Waals surface area (Å²) in [5, 5.41) is 10.3. The largest absolute Gasteiger partial charge is 0.394 e. The van der Waals surface area contributed by atoms with Crippen LogP contribution < -0.4 is 5.73 Å². The Kier molecular flexibility index (Phi) is 2.14. The summed E-state index contributed by atoms with van der Waals surface area (Å²) in [6, 6.07) is 0.605. The molecule has 0 aliphatic heterocycles. The molecule has 0 saturated carbocycles. The van der Waals surface area contributed by atoms with Crippen molar-refractivity contribution >= 4 is 11.4 Å². The number of hydrogen-bond donors (Lipinski definition) is 1. The van der Waals surface area contributed by atoms with E-state index in [0.717, 1.165) is 0 Å². The fraction of sp³-hybridized carbons (Fsp3) is 0.143. The summed E-state index contributed by atoms with van der Waals surface area (Å²) in [6.07, 6.45) is 0. The molecule has 0 spiro atoms. The quantitative estimate of drug-likeness (QED) is 0.414. The molecule has 1 aromatic carbocycles. The molecule has 0 unspecified atom stereocenters. The van der Waals surface area contributed by atoms with E-state index in [-0.39, 0.29) is 5.56 Å². The maximum atomic E-state index is 12.9. The molecule has 0 atom stereocenters. The van der Waals surface area contributed by atoms with Gasteiger partial charge in [0.2, 0.25) is 0 Å². The van der Waals surface area contributed by atoms with Crippen LogP contribution in [0.2, 0.25) is 0 Å². The highest BCUT2D eigenvalue weighted by atomic mass is 19.1. The van der Waals surface area contributed by atoms with Crippen molar-refractivity contribution in [1.29, 1.82) is 0 Å². The van der Waals surface area contributed by atoms with Gasteiger partial charge in [-0.25, -0.2) is 8.78 Å². The normalized spacial score (nSPS) is 10.1. The van der Waals surface area contributed by atoms with Gasteiger partial charge >= 0.3 is 0 Å². The molecule has 1 rings (SSSR count). The molecule has 0 radical (unpaired) electrons. The lowest BCUT2D eigenvalue weighted by molar-refractivity contribution is -0.385. The van der Waals surface area contributed by atoms with Gasteiger partial charge in [0.05, 0.1) is 16.6 Å². The van der Waals surface area contributed by atoms with Crippen LogP contribution in [0.25, 0.3) is 0 Å². The van der Waals surface area contributed by atoms with Crippen molar-refractivity contribution in [3.63, 3.8) is 0 Å². The Balaban J connectivity index is 3.50. The highest BCUT2D eigenvalue weighted by molar-refractivity contribution is 5.53. The zero-order chi connectivity index (χ0) is 10.2. The van der Waals surface area contributed by atoms with Crippen molar-refractivity contribution in [2.24, 2.45) is 0 Å². The summed E-state index contributed by atoms with van der Waals surface area (Å²) in [4.78, 5) is 9.41. The Morgan fingerprint density at radius 1 is 1.54 bits per heavy atom. The Morgan fingerprint density at radius 2 is 2.08 bits per heavy atom. The molecule has 0 fully saturated rings. The fourth-order valence-corrected chi connectivity index (χ4v) is 0.915. The molecule has 0 amide bonds. The predicted molar refractivity (Wildman–Crippen MR) is 42.2 cm³/mol. The molecule has 0 aliphatic carbocycles. The summed E-state index contributed by atoms with van der Waals surface area (Å²) < 4.78 is 25.7. The van der Waals surface area contributed by atoms with Gasteiger partial charge in [-0.05, 0) is 6.92 Å². The van der Waals surface area contributed by atoms with E-state index in [4.69, 9.17) is 5.73 Å². The van der Waals surface area contributed by atoms with Crippen molar-refractivity contribution in [3.8, 4) is 0 Å². The molecule has 4 nitrogen and oxygen atoms in total. The minimum absolute atomic E-state index is 0.260. The Hall–Kier alpha value is -1.72. The van der Waals surface area contributed by atoms with Crippen LogP contribution in [0.3, 0.4) is 0 Å². The molecule has 13 heavy (non-hydrogen) atoms. The first-order valence-electron chi connectivity index (χ1n) is 3.33. The summed E-state index contributed by atoms with van der Waals surface area (Å²) in [7, 11) is 0. The summed E-state index contributed by atoms with van der Waals surface area (Å²) in [6.45, 7) is 1.17. The zero-order valence-electron chi connectivity index (χ0n) is 6.67. The molecule has 0 heterocycles. The van der Waals surface area contributed by atoms with Crippen LogP contribution in [0.15, 0.2) is 6.07 Å². The molecule has 70 valence electrons. The van der Waals surface area contributed by atoms with E-state index in [9.17, 15) is 18.9 Å². The SMILES string of the molecule is Cc1c([N+](=O)[O-])cc(F)c(N)c1F. The van der Waals surface area contributed by atoms with Crippen molar-refractivity contribution < 1.29 is 13.7 Å². The Bertz CT molecular complexity index is 379. The van der Waals surface area contributed by atoms with Crippen molar-refractivity contribution in [1.82, 2.24) is 0 Å². The monoisotopic (exact) mass is 188 g/mol. The summed E-state index contributed by atoms with van der Waals surface area (Å²) >= 11 is 0. The number of hydrogen-bond acceptors (Lipinski definition) is 3. The van der Waals surface area contributed by atoms with Gasteiger partial charge in [-0.1, -0.05) is 0 Å². The van der Waals surface area contributed by atoms with Gasteiger partial charge < -0.3 is 5.73 Å². The van der Waals surface area contributed by atoms with Crippen LogP contribution in [0.1, 0.15) is 5.56 Å². The molecule has 0 bridgehead atoms. The first-order chi connectivity index (χ1) is 5.95. The van der Waals surface area contributed by atoms with Crippen molar-refractivity contribution in [3.05, 3.63) is 33.4 Å². The maximum Gasteiger partial charge on any atom is 0.278 e. The maximum absolute atomic E-state index is 12.9. The topological polar surface area (TPSA) is 69.2 Å². The Labute approximate surface area is 72.1 Å². The number of anilines is 1. The fourth-order valence-electron chi connectivity index (χ4n) is 0.915. The number of rotatable bonds is 1. The molecule has 0 saturated heterocycles. The third kappa shape index (κ3) is 1.42. The highest BCUT2D eigenvalue weighted by Gasteiger charge is 2.20. The zero-order valence-corrected chi connectivity index (χ0v) is 6.67. The van der Waals surface area contributed by atoms with E-state index in [2.05, 4.69) is 0 Å². The van der Waals surface area contributed by atoms with E-state index in [1.807, 2.05) is 0 Å². The van der Waals surface area contributed by atoms with E-state index in [0.29, 0.717) is 6.07 Å². The van der Waals surface area contributed by atoms with E-state index < -0.39 is 27.9 Å². The van der Waals surface area contributed by atoms with Crippen molar-refractivity contribution in [2.75, 3.05) is 5.73 Å². The van der Waals surface area contributed by atoms with Crippen molar-refractivity contribution in [2.45, 2.75) is 6.92 Å². The smallest absolute Gasteiger partial charge is 0.278 e. The van der Waals surface area contributed by atoms with Gasteiger partial charge in [-0.3, -0.25) is 10.1 Å². The minimum Gasteiger partial charge on any atom is -0.394 e. The predicted octanol–water partition coefficient (Wildman–Crippen LogP) is 1.76. The van der Waals surface area contributed by atoms with Crippen LogP contribution >= 0.6 is 0 Å². The Morgan fingerprint density at radius 3 is 2.54 bits per heavy atom. The number of halogens is 2. The molecule has 2 N–H and O–H groups in total. The van der Waals surface area contributed by atoms with Crippen LogP contribution in [0.4, 0.5) is 20.2 Å². The highest BCUT2D eigenvalue weighted by Crippen LogP contribution is 2.27. The molecular weight excluding hydrogens is 182 g/mol. The van der Waals surface area contributed by atoms with Gasteiger partial charge in [0.1, 0.15) is 5.69 Å². The van der Waals surface area contributed by atoms with E-state index in [1.54, 1.807) is 0 Å². The number of nitrogen functional groups attached to an aromatic ring is 1.